The molecule has 0 aliphatic heterocycles. The van der Waals surface area contributed by atoms with Gasteiger partial charge in [-0.1, -0.05) is 37.3 Å². The summed E-state index contributed by atoms with van der Waals surface area (Å²) in [6, 6.07) is 7.91. The fourth-order valence-corrected chi connectivity index (χ4v) is 1.23. The van der Waals surface area contributed by atoms with Crippen molar-refractivity contribution < 1.29 is 14.3 Å². The Kier molecular flexibility index (Phi) is 4.66. The van der Waals surface area contributed by atoms with E-state index in [9.17, 15) is 9.59 Å². The van der Waals surface area contributed by atoms with Gasteiger partial charge in [-0.15, -0.1) is 0 Å². The third kappa shape index (κ3) is 3.47. The van der Waals surface area contributed by atoms with Gasteiger partial charge in [0.15, 0.2) is 0 Å². The Labute approximate surface area is 94.4 Å². The number of carbonyl (C=O) groups excluding carboxylic acids is 2. The summed E-state index contributed by atoms with van der Waals surface area (Å²) in [5, 5.41) is 0. The summed E-state index contributed by atoms with van der Waals surface area (Å²) in [7, 11) is 0. The van der Waals surface area contributed by atoms with E-state index >= 15 is 0 Å². The quantitative estimate of drug-likeness (QED) is 0.618. The zero-order valence-electron chi connectivity index (χ0n) is 9.18. The molecule has 0 spiro atoms. The minimum absolute atomic E-state index is 0.229. The van der Waals surface area contributed by atoms with Crippen LogP contribution in [0.5, 0.6) is 0 Å². The molecule has 1 atom stereocenters. The highest BCUT2D eigenvalue weighted by Crippen LogP contribution is 2.11. The summed E-state index contributed by atoms with van der Waals surface area (Å²) in [4.78, 5) is 22.6. The van der Waals surface area contributed by atoms with Gasteiger partial charge in [0.1, 0.15) is 6.04 Å². The lowest BCUT2D eigenvalue weighted by Gasteiger charge is -2.09. The number of carbonyl (C=O) groups is 2. The standard InChI is InChI=1S/C12H15NO3/c1-2-6-10(14)16-12(15)11(13)9-7-4-3-5-8-9/h3-5,7-8,11H,2,6,13H2,1H3. The van der Waals surface area contributed by atoms with Crippen LogP contribution in [-0.4, -0.2) is 11.9 Å². The Hall–Kier alpha value is -1.68. The second-order valence-corrected chi connectivity index (χ2v) is 3.43. The van der Waals surface area contributed by atoms with E-state index in [0.29, 0.717) is 12.0 Å². The molecule has 1 rings (SSSR count). The highest BCUT2D eigenvalue weighted by atomic mass is 16.6. The largest absolute Gasteiger partial charge is 0.392 e. The van der Waals surface area contributed by atoms with Crippen molar-refractivity contribution in [2.24, 2.45) is 5.73 Å². The van der Waals surface area contributed by atoms with Crippen molar-refractivity contribution in [1.82, 2.24) is 0 Å². The first-order chi connectivity index (χ1) is 7.65. The molecule has 4 nitrogen and oxygen atoms in total. The molecule has 0 amide bonds. The Morgan fingerprint density at radius 2 is 1.94 bits per heavy atom. The molecule has 16 heavy (non-hydrogen) atoms. The lowest BCUT2D eigenvalue weighted by atomic mass is 10.1. The van der Waals surface area contributed by atoms with Crippen LogP contribution in [0.25, 0.3) is 0 Å². The predicted molar refractivity (Wildman–Crippen MR) is 59.4 cm³/mol. The van der Waals surface area contributed by atoms with Crippen molar-refractivity contribution in [2.75, 3.05) is 0 Å². The maximum atomic E-state index is 11.5. The Morgan fingerprint density at radius 1 is 1.31 bits per heavy atom. The SMILES string of the molecule is CCCC(=O)OC(=O)C(N)c1ccccc1. The summed E-state index contributed by atoms with van der Waals surface area (Å²) in [5.74, 6) is -1.23. The Morgan fingerprint density at radius 3 is 2.50 bits per heavy atom. The van der Waals surface area contributed by atoms with Crippen LogP contribution in [0, 0.1) is 0 Å². The maximum absolute atomic E-state index is 11.5. The van der Waals surface area contributed by atoms with Gasteiger partial charge in [-0.25, -0.2) is 4.79 Å². The minimum Gasteiger partial charge on any atom is -0.392 e. The highest BCUT2D eigenvalue weighted by Gasteiger charge is 2.19. The fourth-order valence-electron chi connectivity index (χ4n) is 1.23. The summed E-state index contributed by atoms with van der Waals surface area (Å²) in [6.45, 7) is 1.84. The number of nitrogens with two attached hydrogens (primary N) is 1. The summed E-state index contributed by atoms with van der Waals surface area (Å²) < 4.78 is 4.60. The first-order valence-electron chi connectivity index (χ1n) is 5.20. The predicted octanol–water partition coefficient (Wildman–Crippen LogP) is 1.56. The molecule has 86 valence electrons. The van der Waals surface area contributed by atoms with E-state index in [4.69, 9.17) is 5.73 Å². The molecule has 4 heteroatoms. The van der Waals surface area contributed by atoms with Crippen molar-refractivity contribution >= 4 is 11.9 Å². The van der Waals surface area contributed by atoms with Crippen LogP contribution in [0.4, 0.5) is 0 Å². The van der Waals surface area contributed by atoms with E-state index in [1.165, 1.54) is 0 Å². The zero-order valence-corrected chi connectivity index (χ0v) is 9.18. The average Bonchev–Trinajstić information content (AvgIpc) is 2.29. The van der Waals surface area contributed by atoms with Crippen molar-refractivity contribution in [3.05, 3.63) is 35.9 Å². The lowest BCUT2D eigenvalue weighted by Crippen LogP contribution is -2.25. The number of esters is 2. The Balaban J connectivity index is 2.58. The summed E-state index contributed by atoms with van der Waals surface area (Å²) >= 11 is 0. The van der Waals surface area contributed by atoms with Crippen molar-refractivity contribution in [3.8, 4) is 0 Å². The van der Waals surface area contributed by atoms with E-state index < -0.39 is 18.0 Å². The van der Waals surface area contributed by atoms with Gasteiger partial charge >= 0.3 is 11.9 Å². The number of hydrogen-bond donors (Lipinski definition) is 1. The summed E-state index contributed by atoms with van der Waals surface area (Å²) in [5.41, 5.74) is 6.29. The lowest BCUT2D eigenvalue weighted by molar-refractivity contribution is -0.160. The highest BCUT2D eigenvalue weighted by molar-refractivity contribution is 5.88. The second kappa shape index (κ2) is 6.02. The monoisotopic (exact) mass is 221 g/mol. The zero-order chi connectivity index (χ0) is 12.0. The van der Waals surface area contributed by atoms with Crippen LogP contribution in [-0.2, 0) is 14.3 Å². The normalized spacial score (nSPS) is 11.9. The first kappa shape index (κ1) is 12.4. The van der Waals surface area contributed by atoms with Crippen LogP contribution in [0.3, 0.4) is 0 Å². The van der Waals surface area contributed by atoms with Crippen LogP contribution >= 0.6 is 0 Å². The molecule has 0 heterocycles. The van der Waals surface area contributed by atoms with E-state index in [1.807, 2.05) is 13.0 Å². The average molecular weight is 221 g/mol. The number of ether oxygens (including phenoxy) is 1. The minimum atomic E-state index is -0.901. The second-order valence-electron chi connectivity index (χ2n) is 3.43. The van der Waals surface area contributed by atoms with Crippen LogP contribution in [0.15, 0.2) is 30.3 Å². The van der Waals surface area contributed by atoms with E-state index in [0.717, 1.165) is 0 Å². The van der Waals surface area contributed by atoms with Crippen molar-refractivity contribution in [2.45, 2.75) is 25.8 Å². The van der Waals surface area contributed by atoms with Gasteiger partial charge in [0, 0.05) is 6.42 Å². The van der Waals surface area contributed by atoms with E-state index in [-0.39, 0.29) is 6.42 Å². The fraction of sp³-hybridized carbons (Fsp3) is 0.333. The van der Waals surface area contributed by atoms with Gasteiger partial charge in [0.25, 0.3) is 0 Å². The van der Waals surface area contributed by atoms with Crippen LogP contribution in [0.1, 0.15) is 31.4 Å². The molecule has 0 saturated carbocycles. The van der Waals surface area contributed by atoms with E-state index in [1.54, 1.807) is 24.3 Å². The molecule has 0 radical (unpaired) electrons. The Bertz CT molecular complexity index is 362. The van der Waals surface area contributed by atoms with Gasteiger partial charge in [0.2, 0.25) is 0 Å². The molecule has 1 aromatic rings. The molecule has 0 saturated heterocycles. The number of hydrogen-bond acceptors (Lipinski definition) is 4. The molecular formula is C12H15NO3. The number of rotatable bonds is 4. The smallest absolute Gasteiger partial charge is 0.335 e. The van der Waals surface area contributed by atoms with Crippen LogP contribution < -0.4 is 5.73 Å². The third-order valence-corrected chi connectivity index (χ3v) is 2.08. The maximum Gasteiger partial charge on any atom is 0.335 e. The molecule has 0 bridgehead atoms. The first-order valence-corrected chi connectivity index (χ1v) is 5.20. The molecule has 0 fully saturated rings. The molecule has 0 aromatic heterocycles. The molecule has 0 aliphatic carbocycles. The van der Waals surface area contributed by atoms with Gasteiger partial charge in [-0.3, -0.25) is 4.79 Å². The molecule has 2 N–H and O–H groups in total. The van der Waals surface area contributed by atoms with Crippen molar-refractivity contribution in [3.63, 3.8) is 0 Å². The van der Waals surface area contributed by atoms with Crippen LogP contribution in [0.2, 0.25) is 0 Å². The number of benzene rings is 1. The van der Waals surface area contributed by atoms with E-state index in [2.05, 4.69) is 4.74 Å². The van der Waals surface area contributed by atoms with Gasteiger partial charge in [-0.05, 0) is 12.0 Å². The summed E-state index contributed by atoms with van der Waals surface area (Å²) in [6.07, 6.45) is 0.875. The molecule has 1 aromatic carbocycles. The topological polar surface area (TPSA) is 69.4 Å². The van der Waals surface area contributed by atoms with Gasteiger partial charge < -0.3 is 10.5 Å². The van der Waals surface area contributed by atoms with Crippen molar-refractivity contribution in [1.29, 1.82) is 0 Å². The van der Waals surface area contributed by atoms with Gasteiger partial charge in [-0.2, -0.15) is 0 Å². The molecule has 1 unspecified atom stereocenters. The molecular weight excluding hydrogens is 206 g/mol. The third-order valence-electron chi connectivity index (χ3n) is 2.08. The molecule has 0 aliphatic rings. The van der Waals surface area contributed by atoms with Gasteiger partial charge in [0.05, 0.1) is 0 Å².